The van der Waals surface area contributed by atoms with Gasteiger partial charge in [0.2, 0.25) is 11.7 Å². The Labute approximate surface area is 104 Å². The van der Waals surface area contributed by atoms with Crippen LogP contribution in [-0.4, -0.2) is 26.1 Å². The quantitative estimate of drug-likeness (QED) is 0.458. The standard InChI is InChI=1S/C11H14N6O/c1-8(7-10(18)13-12)17-15-11(14-16-17)9-5-3-2-4-6-9/h2-6,8H,7,12H2,1H3,(H,13,18). The summed E-state index contributed by atoms with van der Waals surface area (Å²) in [6, 6.07) is 9.33. The fourth-order valence-corrected chi connectivity index (χ4v) is 1.52. The number of carbonyl (C=O) groups excluding carboxylic acids is 1. The molecule has 0 bridgehead atoms. The minimum absolute atomic E-state index is 0.196. The number of hydrogen-bond acceptors (Lipinski definition) is 5. The minimum Gasteiger partial charge on any atom is -0.294 e. The van der Waals surface area contributed by atoms with Crippen molar-refractivity contribution >= 4 is 5.91 Å². The predicted octanol–water partition coefficient (Wildman–Crippen LogP) is 0.281. The van der Waals surface area contributed by atoms with Gasteiger partial charge in [-0.2, -0.15) is 4.80 Å². The van der Waals surface area contributed by atoms with Crippen molar-refractivity contribution in [3.63, 3.8) is 0 Å². The maximum absolute atomic E-state index is 11.1. The Hall–Kier alpha value is -2.28. The Bertz CT molecular complexity index is 523. The van der Waals surface area contributed by atoms with E-state index in [1.165, 1.54) is 4.80 Å². The van der Waals surface area contributed by atoms with Gasteiger partial charge in [-0.3, -0.25) is 10.2 Å². The molecule has 0 radical (unpaired) electrons. The number of hydrazine groups is 1. The minimum atomic E-state index is -0.263. The molecule has 0 aliphatic carbocycles. The smallest absolute Gasteiger partial charge is 0.236 e. The average molecular weight is 246 g/mol. The molecule has 1 amide bonds. The fourth-order valence-electron chi connectivity index (χ4n) is 1.52. The molecule has 1 unspecified atom stereocenters. The lowest BCUT2D eigenvalue weighted by molar-refractivity contribution is -0.121. The molecule has 0 aliphatic rings. The van der Waals surface area contributed by atoms with Crippen LogP contribution in [0.4, 0.5) is 0 Å². The van der Waals surface area contributed by atoms with Gasteiger partial charge < -0.3 is 0 Å². The molecule has 1 aromatic carbocycles. The van der Waals surface area contributed by atoms with Gasteiger partial charge >= 0.3 is 0 Å². The number of tetrazole rings is 1. The SMILES string of the molecule is CC(CC(=O)NN)n1nnc(-c2ccccc2)n1. The van der Waals surface area contributed by atoms with Gasteiger partial charge in [0.25, 0.3) is 0 Å². The molecule has 0 saturated heterocycles. The summed E-state index contributed by atoms with van der Waals surface area (Å²) in [5.74, 6) is 5.30. The van der Waals surface area contributed by atoms with Gasteiger partial charge in [0.1, 0.15) is 0 Å². The lowest BCUT2D eigenvalue weighted by Crippen LogP contribution is -2.32. The highest BCUT2D eigenvalue weighted by Crippen LogP contribution is 2.14. The van der Waals surface area contributed by atoms with Gasteiger partial charge in [-0.1, -0.05) is 30.3 Å². The summed E-state index contributed by atoms with van der Waals surface area (Å²) in [5.41, 5.74) is 2.96. The van der Waals surface area contributed by atoms with Crippen LogP contribution in [0.1, 0.15) is 19.4 Å². The van der Waals surface area contributed by atoms with Gasteiger partial charge in [-0.25, -0.2) is 5.84 Å². The highest BCUT2D eigenvalue weighted by atomic mass is 16.2. The first-order chi connectivity index (χ1) is 8.70. The summed E-state index contributed by atoms with van der Waals surface area (Å²) < 4.78 is 0. The van der Waals surface area contributed by atoms with Gasteiger partial charge in [-0.05, 0) is 12.1 Å². The Kier molecular flexibility index (Phi) is 3.63. The predicted molar refractivity (Wildman–Crippen MR) is 64.9 cm³/mol. The van der Waals surface area contributed by atoms with E-state index in [1.807, 2.05) is 37.3 Å². The number of carbonyl (C=O) groups is 1. The zero-order valence-corrected chi connectivity index (χ0v) is 9.95. The van der Waals surface area contributed by atoms with Crippen LogP contribution in [0.25, 0.3) is 11.4 Å². The molecule has 94 valence electrons. The van der Waals surface area contributed by atoms with Crippen LogP contribution in [0.3, 0.4) is 0 Å². The summed E-state index contributed by atoms with van der Waals surface area (Å²) in [5, 5.41) is 12.1. The number of rotatable bonds is 4. The van der Waals surface area contributed by atoms with E-state index in [9.17, 15) is 4.79 Å². The van der Waals surface area contributed by atoms with Crippen LogP contribution in [0.2, 0.25) is 0 Å². The lowest BCUT2D eigenvalue weighted by atomic mass is 10.2. The first-order valence-corrected chi connectivity index (χ1v) is 5.55. The molecule has 1 heterocycles. The molecule has 7 heteroatoms. The van der Waals surface area contributed by atoms with Crippen molar-refractivity contribution in [3.8, 4) is 11.4 Å². The highest BCUT2D eigenvalue weighted by Gasteiger charge is 2.14. The van der Waals surface area contributed by atoms with E-state index < -0.39 is 0 Å². The second-order valence-electron chi connectivity index (χ2n) is 3.92. The van der Waals surface area contributed by atoms with Gasteiger partial charge in [-0.15, -0.1) is 10.2 Å². The van der Waals surface area contributed by atoms with E-state index in [0.29, 0.717) is 5.82 Å². The summed E-state index contributed by atoms with van der Waals surface area (Å²) in [6.45, 7) is 1.83. The molecule has 2 rings (SSSR count). The topological polar surface area (TPSA) is 98.7 Å². The van der Waals surface area contributed by atoms with Crippen LogP contribution in [-0.2, 0) is 4.79 Å². The first-order valence-electron chi connectivity index (χ1n) is 5.55. The van der Waals surface area contributed by atoms with E-state index in [1.54, 1.807) is 0 Å². The van der Waals surface area contributed by atoms with Crippen LogP contribution < -0.4 is 11.3 Å². The molecule has 1 atom stereocenters. The third kappa shape index (κ3) is 2.69. The van der Waals surface area contributed by atoms with Gasteiger partial charge in [0.15, 0.2) is 0 Å². The third-order valence-corrected chi connectivity index (χ3v) is 2.50. The van der Waals surface area contributed by atoms with Crippen molar-refractivity contribution in [2.45, 2.75) is 19.4 Å². The van der Waals surface area contributed by atoms with Crippen molar-refractivity contribution in [1.82, 2.24) is 25.6 Å². The Morgan fingerprint density at radius 1 is 1.44 bits per heavy atom. The zero-order chi connectivity index (χ0) is 13.0. The van der Waals surface area contributed by atoms with Crippen LogP contribution in [0.5, 0.6) is 0 Å². The number of nitrogens with two attached hydrogens (primary N) is 1. The van der Waals surface area contributed by atoms with E-state index in [-0.39, 0.29) is 18.4 Å². The number of nitrogens with zero attached hydrogens (tertiary/aromatic N) is 4. The fraction of sp³-hybridized carbons (Fsp3) is 0.273. The Morgan fingerprint density at radius 3 is 2.83 bits per heavy atom. The van der Waals surface area contributed by atoms with Crippen molar-refractivity contribution < 1.29 is 4.79 Å². The second kappa shape index (κ2) is 5.37. The summed E-state index contributed by atoms with van der Waals surface area (Å²) in [7, 11) is 0. The van der Waals surface area contributed by atoms with Gasteiger partial charge in [0, 0.05) is 5.56 Å². The number of nitrogens with one attached hydrogen (secondary N) is 1. The summed E-state index contributed by atoms with van der Waals surface area (Å²) in [6.07, 6.45) is 0.209. The van der Waals surface area contributed by atoms with Crippen LogP contribution in [0, 0.1) is 0 Å². The highest BCUT2D eigenvalue weighted by molar-refractivity contribution is 5.75. The average Bonchev–Trinajstić information content (AvgIpc) is 2.89. The monoisotopic (exact) mass is 246 g/mol. The molecule has 7 nitrogen and oxygen atoms in total. The van der Waals surface area contributed by atoms with Crippen LogP contribution in [0.15, 0.2) is 30.3 Å². The van der Waals surface area contributed by atoms with Gasteiger partial charge in [0.05, 0.1) is 12.5 Å². The van der Waals surface area contributed by atoms with Crippen molar-refractivity contribution in [1.29, 1.82) is 0 Å². The van der Waals surface area contributed by atoms with Crippen molar-refractivity contribution in [3.05, 3.63) is 30.3 Å². The normalized spacial score (nSPS) is 12.1. The Morgan fingerprint density at radius 2 is 2.17 bits per heavy atom. The molecule has 2 aromatic rings. The maximum Gasteiger partial charge on any atom is 0.236 e. The van der Waals surface area contributed by atoms with E-state index >= 15 is 0 Å². The second-order valence-corrected chi connectivity index (χ2v) is 3.92. The third-order valence-electron chi connectivity index (χ3n) is 2.50. The molecule has 0 aliphatic heterocycles. The van der Waals surface area contributed by atoms with Crippen LogP contribution >= 0.6 is 0 Å². The van der Waals surface area contributed by atoms with Crippen molar-refractivity contribution in [2.75, 3.05) is 0 Å². The molecular weight excluding hydrogens is 232 g/mol. The molecular formula is C11H14N6O. The van der Waals surface area contributed by atoms with E-state index in [0.717, 1.165) is 5.56 Å². The summed E-state index contributed by atoms with van der Waals surface area (Å²) in [4.78, 5) is 12.6. The maximum atomic E-state index is 11.1. The Balaban J connectivity index is 2.13. The summed E-state index contributed by atoms with van der Waals surface area (Å²) >= 11 is 0. The van der Waals surface area contributed by atoms with E-state index in [4.69, 9.17) is 5.84 Å². The largest absolute Gasteiger partial charge is 0.294 e. The number of benzene rings is 1. The molecule has 0 spiro atoms. The molecule has 0 saturated carbocycles. The molecule has 0 fully saturated rings. The van der Waals surface area contributed by atoms with E-state index in [2.05, 4.69) is 20.8 Å². The number of hydrogen-bond donors (Lipinski definition) is 2. The molecule has 1 aromatic heterocycles. The lowest BCUT2D eigenvalue weighted by Gasteiger charge is -2.07. The molecule has 3 N–H and O–H groups in total. The first kappa shape index (κ1) is 12.2. The number of amides is 1. The van der Waals surface area contributed by atoms with Crippen molar-refractivity contribution in [2.24, 2.45) is 5.84 Å². The zero-order valence-electron chi connectivity index (χ0n) is 9.95. The molecule has 18 heavy (non-hydrogen) atoms. The number of aromatic nitrogens is 4.